The molecule has 0 aromatic heterocycles. The van der Waals surface area contributed by atoms with Crippen LogP contribution in [0.15, 0.2) is 24.3 Å². The van der Waals surface area contributed by atoms with Crippen LogP contribution in [0.25, 0.3) is 0 Å². The Balaban J connectivity index is 3.34. The number of hydrogen-bond donors (Lipinski definition) is 3. The Kier molecular flexibility index (Phi) is 69.4. The number of aliphatic hydroxyl groups is 2. The summed E-state index contributed by atoms with van der Waals surface area (Å²) in [5.41, 5.74) is 0. The largest absolute Gasteiger partial charge is 0.466 e. The predicted octanol–water partition coefficient (Wildman–Crippen LogP) is 24.1. The first-order valence-electron chi connectivity index (χ1n) is 37.1. The Morgan fingerprint density at radius 1 is 0.333 bits per heavy atom. The van der Waals surface area contributed by atoms with Gasteiger partial charge in [0.2, 0.25) is 5.91 Å². The summed E-state index contributed by atoms with van der Waals surface area (Å²) in [5.74, 6) is -0.0406. The minimum absolute atomic E-state index is 0.0230. The van der Waals surface area contributed by atoms with Crippen LogP contribution >= 0.6 is 0 Å². The number of ether oxygens (including phenoxy) is 1. The molecule has 0 aliphatic rings. The molecule has 6 nitrogen and oxygen atoms in total. The van der Waals surface area contributed by atoms with Crippen molar-refractivity contribution in [2.24, 2.45) is 0 Å². The van der Waals surface area contributed by atoms with Crippen molar-refractivity contribution < 1.29 is 24.5 Å². The number of hydrogen-bond acceptors (Lipinski definition) is 5. The fraction of sp³-hybridized carbons (Fsp3) is 0.920. The van der Waals surface area contributed by atoms with E-state index in [1.807, 2.05) is 6.08 Å². The molecule has 2 unspecified atom stereocenters. The van der Waals surface area contributed by atoms with Gasteiger partial charge in [-0.15, -0.1) is 0 Å². The molecule has 1 amide bonds. The van der Waals surface area contributed by atoms with Gasteiger partial charge in [0.25, 0.3) is 0 Å². The lowest BCUT2D eigenvalue weighted by Gasteiger charge is -2.20. The zero-order chi connectivity index (χ0) is 58.5. The van der Waals surface area contributed by atoms with E-state index in [4.69, 9.17) is 4.74 Å². The summed E-state index contributed by atoms with van der Waals surface area (Å²) in [7, 11) is 0. The molecule has 3 N–H and O–H groups in total. The van der Waals surface area contributed by atoms with Gasteiger partial charge in [0.1, 0.15) is 0 Å². The molecular weight excluding hydrogens is 995 g/mol. The Morgan fingerprint density at radius 3 is 0.877 bits per heavy atom. The minimum atomic E-state index is -0.842. The number of esters is 1. The molecule has 480 valence electrons. The van der Waals surface area contributed by atoms with Gasteiger partial charge < -0.3 is 20.3 Å². The van der Waals surface area contributed by atoms with Gasteiger partial charge in [-0.3, -0.25) is 9.59 Å². The lowest BCUT2D eigenvalue weighted by Crippen LogP contribution is -2.45. The highest BCUT2D eigenvalue weighted by Crippen LogP contribution is 2.19. The van der Waals surface area contributed by atoms with E-state index in [1.165, 1.54) is 353 Å². The maximum atomic E-state index is 12.5. The van der Waals surface area contributed by atoms with Crippen molar-refractivity contribution in [3.8, 4) is 0 Å². The molecule has 6 heteroatoms. The van der Waals surface area contributed by atoms with Crippen LogP contribution in [0.1, 0.15) is 418 Å². The average molecular weight is 1140 g/mol. The van der Waals surface area contributed by atoms with Crippen molar-refractivity contribution in [2.75, 3.05) is 13.2 Å². The minimum Gasteiger partial charge on any atom is -0.466 e. The molecule has 0 bridgehead atoms. The molecule has 2 atom stereocenters. The van der Waals surface area contributed by atoms with E-state index >= 15 is 0 Å². The normalized spacial score (nSPS) is 12.6. The average Bonchev–Trinajstić information content (AvgIpc) is 3.47. The Labute approximate surface area is 507 Å². The van der Waals surface area contributed by atoms with Crippen LogP contribution in [-0.4, -0.2) is 47.4 Å². The predicted molar refractivity (Wildman–Crippen MR) is 356 cm³/mol. The standard InChI is InChI=1S/C75H145NO5/c1-3-5-7-9-11-13-15-17-19-20-34-38-41-45-49-53-57-61-65-69-75(80)81-70-66-62-58-54-50-46-42-39-36-33-31-29-27-25-23-21-22-24-26-28-30-32-35-37-40-44-48-52-56-60-64-68-74(79)76-72(71-77)73(78)67-63-59-55-51-47-43-18-16-14-12-10-8-6-4-2/h23,25,63,67,72-73,77-78H,3-22,24,26-62,64-66,68-71H2,1-2H3,(H,76,79)/b25-23-,67-63+. The topological polar surface area (TPSA) is 95.9 Å². The van der Waals surface area contributed by atoms with Gasteiger partial charge in [0.15, 0.2) is 0 Å². The first-order valence-corrected chi connectivity index (χ1v) is 37.1. The highest BCUT2D eigenvalue weighted by Gasteiger charge is 2.18. The van der Waals surface area contributed by atoms with Crippen molar-refractivity contribution >= 4 is 11.9 Å². The van der Waals surface area contributed by atoms with Gasteiger partial charge in [-0.2, -0.15) is 0 Å². The zero-order valence-corrected chi connectivity index (χ0v) is 55.0. The van der Waals surface area contributed by atoms with Crippen LogP contribution in [0.2, 0.25) is 0 Å². The SMILES string of the molecule is CCCCCCCCCCCCCC/C=C/C(O)C(CO)NC(=O)CCCCCCCCCCCCCCCCC/C=C\CCCCCCCCCCCCCCOC(=O)CCCCCCCCCCCCCCCCCCCCC. The fourth-order valence-electron chi connectivity index (χ4n) is 11.8. The van der Waals surface area contributed by atoms with Gasteiger partial charge >= 0.3 is 5.97 Å². The molecule has 0 fully saturated rings. The lowest BCUT2D eigenvalue weighted by atomic mass is 10.0. The highest BCUT2D eigenvalue weighted by atomic mass is 16.5. The second kappa shape index (κ2) is 70.8. The highest BCUT2D eigenvalue weighted by molar-refractivity contribution is 5.76. The van der Waals surface area contributed by atoms with Gasteiger partial charge in [-0.05, 0) is 57.8 Å². The number of nitrogens with one attached hydrogen (secondary N) is 1. The van der Waals surface area contributed by atoms with Crippen LogP contribution in [0.4, 0.5) is 0 Å². The number of rotatable bonds is 70. The molecule has 0 aromatic rings. The second-order valence-electron chi connectivity index (χ2n) is 25.6. The van der Waals surface area contributed by atoms with Crippen molar-refractivity contribution in [3.05, 3.63) is 24.3 Å². The van der Waals surface area contributed by atoms with Gasteiger partial charge in [-0.1, -0.05) is 372 Å². The third-order valence-corrected chi connectivity index (χ3v) is 17.5. The molecule has 0 heterocycles. The summed E-state index contributed by atoms with van der Waals surface area (Å²) in [6.45, 7) is 4.94. The summed E-state index contributed by atoms with van der Waals surface area (Å²) >= 11 is 0. The van der Waals surface area contributed by atoms with Crippen molar-refractivity contribution in [2.45, 2.75) is 431 Å². The summed E-state index contributed by atoms with van der Waals surface area (Å²) in [6, 6.07) is -0.626. The van der Waals surface area contributed by atoms with Crippen LogP contribution < -0.4 is 5.32 Å². The number of aliphatic hydroxyl groups excluding tert-OH is 2. The first-order chi connectivity index (χ1) is 40.0. The molecule has 0 spiro atoms. The van der Waals surface area contributed by atoms with Gasteiger partial charge in [-0.25, -0.2) is 0 Å². The third-order valence-electron chi connectivity index (χ3n) is 17.5. The van der Waals surface area contributed by atoms with E-state index in [-0.39, 0.29) is 18.5 Å². The number of allylic oxidation sites excluding steroid dienone is 3. The van der Waals surface area contributed by atoms with E-state index in [1.54, 1.807) is 6.08 Å². The molecule has 0 radical (unpaired) electrons. The molecule has 0 saturated heterocycles. The number of carbonyl (C=O) groups excluding carboxylic acids is 2. The number of unbranched alkanes of at least 4 members (excludes halogenated alkanes) is 57. The smallest absolute Gasteiger partial charge is 0.305 e. The second-order valence-corrected chi connectivity index (χ2v) is 25.6. The van der Waals surface area contributed by atoms with E-state index in [2.05, 4.69) is 31.3 Å². The Bertz CT molecular complexity index is 1270. The van der Waals surface area contributed by atoms with Crippen molar-refractivity contribution in [3.63, 3.8) is 0 Å². The maximum absolute atomic E-state index is 12.5. The molecule has 0 aliphatic carbocycles. The van der Waals surface area contributed by atoms with E-state index in [0.717, 1.165) is 38.5 Å². The maximum Gasteiger partial charge on any atom is 0.305 e. The van der Waals surface area contributed by atoms with E-state index in [0.29, 0.717) is 19.4 Å². The number of amides is 1. The summed E-state index contributed by atoms with van der Waals surface area (Å²) < 4.78 is 5.52. The van der Waals surface area contributed by atoms with Gasteiger partial charge in [0.05, 0.1) is 25.4 Å². The quantitative estimate of drug-likeness (QED) is 0.0320. The zero-order valence-electron chi connectivity index (χ0n) is 55.0. The Hall–Kier alpha value is -1.66. The summed E-state index contributed by atoms with van der Waals surface area (Å²) in [4.78, 5) is 24.6. The third kappa shape index (κ3) is 67.3. The number of carbonyl (C=O) groups is 2. The fourth-order valence-corrected chi connectivity index (χ4v) is 11.8. The van der Waals surface area contributed by atoms with Crippen LogP contribution in [0.5, 0.6) is 0 Å². The molecule has 0 aliphatic heterocycles. The van der Waals surface area contributed by atoms with E-state index < -0.39 is 12.1 Å². The molecular formula is C75H145NO5. The lowest BCUT2D eigenvalue weighted by molar-refractivity contribution is -0.143. The molecule has 81 heavy (non-hydrogen) atoms. The van der Waals surface area contributed by atoms with Crippen LogP contribution in [-0.2, 0) is 14.3 Å². The van der Waals surface area contributed by atoms with Gasteiger partial charge in [0, 0.05) is 12.8 Å². The molecule has 0 aromatic carbocycles. The summed E-state index contributed by atoms with van der Waals surface area (Å²) in [6.07, 6.45) is 90.0. The van der Waals surface area contributed by atoms with Crippen molar-refractivity contribution in [1.82, 2.24) is 5.32 Å². The van der Waals surface area contributed by atoms with Crippen molar-refractivity contribution in [1.29, 1.82) is 0 Å². The first kappa shape index (κ1) is 79.3. The Morgan fingerprint density at radius 2 is 0.580 bits per heavy atom. The summed E-state index contributed by atoms with van der Waals surface area (Å²) in [5, 5.41) is 23.1. The van der Waals surface area contributed by atoms with Crippen LogP contribution in [0.3, 0.4) is 0 Å². The van der Waals surface area contributed by atoms with Crippen LogP contribution in [0, 0.1) is 0 Å². The molecule has 0 rings (SSSR count). The monoisotopic (exact) mass is 1140 g/mol. The molecule has 0 saturated carbocycles. The van der Waals surface area contributed by atoms with E-state index in [9.17, 15) is 19.8 Å².